The van der Waals surface area contributed by atoms with E-state index in [4.69, 9.17) is 0 Å². The van der Waals surface area contributed by atoms with Crippen molar-refractivity contribution >= 4 is 5.96 Å². The van der Waals surface area contributed by atoms with Crippen molar-refractivity contribution in [3.63, 3.8) is 0 Å². The Morgan fingerprint density at radius 1 is 1.37 bits per heavy atom. The zero-order valence-electron chi connectivity index (χ0n) is 13.1. The van der Waals surface area contributed by atoms with Crippen LogP contribution in [-0.2, 0) is 0 Å². The van der Waals surface area contributed by atoms with Gasteiger partial charge in [0.05, 0.1) is 0 Å². The van der Waals surface area contributed by atoms with Crippen molar-refractivity contribution in [2.24, 2.45) is 16.3 Å². The normalized spacial score (nSPS) is 28.7. The molecule has 0 aromatic carbocycles. The third-order valence-electron chi connectivity index (χ3n) is 4.46. The minimum absolute atomic E-state index is 0.433. The minimum Gasteiger partial charge on any atom is -0.356 e. The average molecular weight is 266 g/mol. The molecule has 0 radical (unpaired) electrons. The molecule has 2 fully saturated rings. The molecule has 4 heteroatoms. The lowest BCUT2D eigenvalue weighted by atomic mass is 9.93. The van der Waals surface area contributed by atoms with Crippen molar-refractivity contribution in [2.75, 3.05) is 46.8 Å². The molecule has 0 spiro atoms. The highest BCUT2D eigenvalue weighted by atomic mass is 15.3. The molecule has 0 aliphatic carbocycles. The fourth-order valence-corrected chi connectivity index (χ4v) is 3.30. The van der Waals surface area contributed by atoms with E-state index >= 15 is 0 Å². The van der Waals surface area contributed by atoms with Crippen LogP contribution in [0.1, 0.15) is 33.1 Å². The van der Waals surface area contributed by atoms with Crippen LogP contribution in [0.25, 0.3) is 0 Å². The van der Waals surface area contributed by atoms with E-state index in [2.05, 4.69) is 41.0 Å². The summed E-state index contributed by atoms with van der Waals surface area (Å²) in [6.07, 6.45) is 3.94. The molecular weight excluding hydrogens is 236 g/mol. The Morgan fingerprint density at radius 3 is 2.74 bits per heavy atom. The first kappa shape index (κ1) is 14.6. The lowest BCUT2D eigenvalue weighted by Crippen LogP contribution is -2.45. The molecule has 1 atom stereocenters. The van der Waals surface area contributed by atoms with Gasteiger partial charge in [0.15, 0.2) is 5.96 Å². The first-order valence-corrected chi connectivity index (χ1v) is 7.64. The molecular formula is C15H30N4. The molecule has 2 aliphatic rings. The van der Waals surface area contributed by atoms with Gasteiger partial charge in [-0.25, -0.2) is 0 Å². The molecule has 2 rings (SSSR count). The number of piperidine rings is 1. The molecule has 0 aromatic rings. The summed E-state index contributed by atoms with van der Waals surface area (Å²) in [7, 11) is 4.13. The third kappa shape index (κ3) is 4.10. The van der Waals surface area contributed by atoms with Crippen LogP contribution in [-0.4, -0.2) is 62.6 Å². The lowest BCUT2D eigenvalue weighted by molar-refractivity contribution is 0.209. The van der Waals surface area contributed by atoms with Gasteiger partial charge in [-0.2, -0.15) is 0 Å². The van der Waals surface area contributed by atoms with Crippen molar-refractivity contribution in [1.29, 1.82) is 0 Å². The number of hydrogen-bond donors (Lipinski definition) is 1. The maximum Gasteiger partial charge on any atom is 0.193 e. The molecule has 2 saturated heterocycles. The summed E-state index contributed by atoms with van der Waals surface area (Å²) in [6.45, 7) is 10.5. The highest BCUT2D eigenvalue weighted by Crippen LogP contribution is 2.28. The van der Waals surface area contributed by atoms with Crippen LogP contribution in [0.15, 0.2) is 4.99 Å². The third-order valence-corrected chi connectivity index (χ3v) is 4.46. The topological polar surface area (TPSA) is 30.9 Å². The SMILES string of the molecule is CN=C(NCC1CCCN(C)C1)N1CCC(C)(C)C1. The summed E-state index contributed by atoms with van der Waals surface area (Å²) in [5.41, 5.74) is 0.433. The van der Waals surface area contributed by atoms with E-state index in [1.165, 1.54) is 32.4 Å². The molecule has 2 heterocycles. The first-order valence-electron chi connectivity index (χ1n) is 7.64. The van der Waals surface area contributed by atoms with Crippen molar-refractivity contribution in [3.05, 3.63) is 0 Å². The molecule has 0 amide bonds. The monoisotopic (exact) mass is 266 g/mol. The van der Waals surface area contributed by atoms with Crippen LogP contribution in [0, 0.1) is 11.3 Å². The van der Waals surface area contributed by atoms with Crippen molar-refractivity contribution in [2.45, 2.75) is 33.1 Å². The number of hydrogen-bond acceptors (Lipinski definition) is 2. The smallest absolute Gasteiger partial charge is 0.193 e. The summed E-state index contributed by atoms with van der Waals surface area (Å²) in [5.74, 6) is 1.87. The van der Waals surface area contributed by atoms with E-state index in [9.17, 15) is 0 Å². The fraction of sp³-hybridized carbons (Fsp3) is 0.933. The number of aliphatic imine (C=N–C) groups is 1. The van der Waals surface area contributed by atoms with Gasteiger partial charge in [-0.1, -0.05) is 13.8 Å². The largest absolute Gasteiger partial charge is 0.356 e. The Balaban J connectivity index is 1.80. The zero-order chi connectivity index (χ0) is 13.9. The molecule has 2 aliphatic heterocycles. The Morgan fingerprint density at radius 2 is 2.16 bits per heavy atom. The summed E-state index contributed by atoms with van der Waals surface area (Å²) < 4.78 is 0. The second-order valence-electron chi connectivity index (χ2n) is 7.03. The first-order chi connectivity index (χ1) is 9.00. The molecule has 0 saturated carbocycles. The molecule has 0 aromatic heterocycles. The molecule has 0 bridgehead atoms. The highest BCUT2D eigenvalue weighted by molar-refractivity contribution is 5.80. The quantitative estimate of drug-likeness (QED) is 0.609. The van der Waals surface area contributed by atoms with Gasteiger partial charge in [-0.3, -0.25) is 4.99 Å². The summed E-state index contributed by atoms with van der Waals surface area (Å²) >= 11 is 0. The average Bonchev–Trinajstić information content (AvgIpc) is 2.71. The minimum atomic E-state index is 0.433. The van der Waals surface area contributed by atoms with E-state index < -0.39 is 0 Å². The second-order valence-corrected chi connectivity index (χ2v) is 7.03. The lowest BCUT2D eigenvalue weighted by Gasteiger charge is -2.31. The molecule has 1 unspecified atom stereocenters. The van der Waals surface area contributed by atoms with Gasteiger partial charge in [0, 0.05) is 33.2 Å². The van der Waals surface area contributed by atoms with Gasteiger partial charge >= 0.3 is 0 Å². The second kappa shape index (κ2) is 6.12. The van der Waals surface area contributed by atoms with Crippen molar-refractivity contribution in [3.8, 4) is 0 Å². The van der Waals surface area contributed by atoms with E-state index in [1.807, 2.05) is 7.05 Å². The maximum atomic E-state index is 4.46. The predicted molar refractivity (Wildman–Crippen MR) is 81.6 cm³/mol. The number of nitrogens with one attached hydrogen (secondary N) is 1. The van der Waals surface area contributed by atoms with Gasteiger partial charge in [-0.05, 0) is 44.2 Å². The standard InChI is InChI=1S/C15H30N4/c1-15(2)7-9-19(12-15)14(16-3)17-10-13-6-5-8-18(4)11-13/h13H,5-12H2,1-4H3,(H,16,17). The number of rotatable bonds is 2. The Bertz CT molecular complexity index is 324. The van der Waals surface area contributed by atoms with E-state index in [1.54, 1.807) is 0 Å². The van der Waals surface area contributed by atoms with Crippen LogP contribution in [0.3, 0.4) is 0 Å². The van der Waals surface area contributed by atoms with Crippen LogP contribution < -0.4 is 5.32 Å². The van der Waals surface area contributed by atoms with Crippen LogP contribution >= 0.6 is 0 Å². The number of likely N-dealkylation sites (tertiary alicyclic amines) is 2. The maximum absolute atomic E-state index is 4.46. The van der Waals surface area contributed by atoms with Crippen LogP contribution in [0.2, 0.25) is 0 Å². The number of nitrogens with zero attached hydrogens (tertiary/aromatic N) is 3. The van der Waals surface area contributed by atoms with Gasteiger partial charge in [0.2, 0.25) is 0 Å². The highest BCUT2D eigenvalue weighted by Gasteiger charge is 2.31. The summed E-state index contributed by atoms with van der Waals surface area (Å²) in [6, 6.07) is 0. The Labute approximate surface area is 118 Å². The van der Waals surface area contributed by atoms with E-state index in [0.29, 0.717) is 5.41 Å². The predicted octanol–water partition coefficient (Wildman–Crippen LogP) is 1.64. The zero-order valence-corrected chi connectivity index (χ0v) is 13.1. The number of guanidine groups is 1. The fourth-order valence-electron chi connectivity index (χ4n) is 3.30. The summed E-state index contributed by atoms with van der Waals surface area (Å²) in [4.78, 5) is 9.31. The van der Waals surface area contributed by atoms with E-state index in [-0.39, 0.29) is 0 Å². The molecule has 19 heavy (non-hydrogen) atoms. The van der Waals surface area contributed by atoms with Crippen molar-refractivity contribution in [1.82, 2.24) is 15.1 Å². The van der Waals surface area contributed by atoms with Gasteiger partial charge in [0.25, 0.3) is 0 Å². The van der Waals surface area contributed by atoms with E-state index in [0.717, 1.165) is 31.5 Å². The van der Waals surface area contributed by atoms with Gasteiger partial charge in [0.1, 0.15) is 0 Å². The summed E-state index contributed by atoms with van der Waals surface area (Å²) in [5, 5.41) is 3.59. The molecule has 1 N–H and O–H groups in total. The molecule has 110 valence electrons. The Kier molecular flexibility index (Phi) is 4.71. The molecule has 4 nitrogen and oxygen atoms in total. The van der Waals surface area contributed by atoms with Crippen LogP contribution in [0.4, 0.5) is 0 Å². The van der Waals surface area contributed by atoms with Crippen molar-refractivity contribution < 1.29 is 0 Å². The van der Waals surface area contributed by atoms with Gasteiger partial charge in [-0.15, -0.1) is 0 Å². The van der Waals surface area contributed by atoms with Gasteiger partial charge < -0.3 is 15.1 Å². The van der Waals surface area contributed by atoms with Crippen LogP contribution in [0.5, 0.6) is 0 Å². The Hall–Kier alpha value is -0.770.